The largest absolute Gasteiger partial charge is 0.357 e. The van der Waals surface area contributed by atoms with Crippen LogP contribution in [0.25, 0.3) is 0 Å². The monoisotopic (exact) mass is 449 g/mol. The van der Waals surface area contributed by atoms with E-state index in [0.29, 0.717) is 12.6 Å². The number of benzene rings is 2. The van der Waals surface area contributed by atoms with Crippen LogP contribution in [-0.2, 0) is 13.0 Å². The number of hydrogen-bond acceptors (Lipinski definition) is 3. The number of piperidine rings is 1. The molecule has 178 valence electrons. The first-order valence-corrected chi connectivity index (χ1v) is 12.1. The number of nitrogens with one attached hydrogen (secondary N) is 2. The van der Waals surface area contributed by atoms with Crippen molar-refractivity contribution < 1.29 is 4.79 Å². The molecule has 0 unspecified atom stereocenters. The van der Waals surface area contributed by atoms with Gasteiger partial charge in [-0.05, 0) is 61.9 Å². The number of amides is 1. The molecule has 1 fully saturated rings. The van der Waals surface area contributed by atoms with Crippen molar-refractivity contribution in [2.24, 2.45) is 4.99 Å². The maximum absolute atomic E-state index is 12.2. The Hall–Kier alpha value is -2.86. The molecule has 2 aromatic carbocycles. The summed E-state index contributed by atoms with van der Waals surface area (Å²) in [5.41, 5.74) is 4.65. The van der Waals surface area contributed by atoms with Gasteiger partial charge in [-0.2, -0.15) is 0 Å². The van der Waals surface area contributed by atoms with Crippen molar-refractivity contribution >= 4 is 11.9 Å². The fraction of sp³-hybridized carbons (Fsp3) is 0.481. The van der Waals surface area contributed by atoms with E-state index in [0.717, 1.165) is 62.5 Å². The molecule has 0 aromatic heterocycles. The second-order valence-electron chi connectivity index (χ2n) is 9.03. The van der Waals surface area contributed by atoms with Crippen LogP contribution in [0.2, 0.25) is 0 Å². The number of carbonyl (C=O) groups excluding carboxylic acids is 1. The van der Waals surface area contributed by atoms with E-state index in [9.17, 15) is 4.79 Å². The van der Waals surface area contributed by atoms with Gasteiger partial charge >= 0.3 is 0 Å². The van der Waals surface area contributed by atoms with Crippen molar-refractivity contribution in [1.29, 1.82) is 0 Å². The molecule has 0 atom stereocenters. The number of aryl methyl sites for hydroxylation is 1. The van der Waals surface area contributed by atoms with E-state index in [-0.39, 0.29) is 5.91 Å². The number of nitrogens with zero attached hydrogens (tertiary/aromatic N) is 3. The van der Waals surface area contributed by atoms with Crippen LogP contribution < -0.4 is 10.6 Å². The lowest BCUT2D eigenvalue weighted by molar-refractivity contribution is 0.0827. The normalized spacial score (nSPS) is 15.3. The van der Waals surface area contributed by atoms with Gasteiger partial charge < -0.3 is 15.5 Å². The molecule has 6 nitrogen and oxygen atoms in total. The Morgan fingerprint density at radius 1 is 1.12 bits per heavy atom. The summed E-state index contributed by atoms with van der Waals surface area (Å²) in [6, 6.07) is 17.0. The van der Waals surface area contributed by atoms with E-state index in [1.807, 2.05) is 18.2 Å². The SMILES string of the molecule is CCNC(=NCCc1cccc(C(=O)N(C)C)c1)NC1CCN(Cc2ccccc2C)CC1. The van der Waals surface area contributed by atoms with Crippen molar-refractivity contribution in [1.82, 2.24) is 20.4 Å². The van der Waals surface area contributed by atoms with Crippen LogP contribution in [0.4, 0.5) is 0 Å². The molecule has 3 rings (SSSR count). The highest BCUT2D eigenvalue weighted by molar-refractivity contribution is 5.94. The van der Waals surface area contributed by atoms with Gasteiger partial charge in [0.25, 0.3) is 5.91 Å². The van der Waals surface area contributed by atoms with Crippen LogP contribution >= 0.6 is 0 Å². The van der Waals surface area contributed by atoms with Gasteiger partial charge in [-0.15, -0.1) is 0 Å². The fourth-order valence-electron chi connectivity index (χ4n) is 4.19. The predicted octanol–water partition coefficient (Wildman–Crippen LogP) is 3.46. The van der Waals surface area contributed by atoms with Crippen molar-refractivity contribution in [3.63, 3.8) is 0 Å². The molecule has 0 aliphatic carbocycles. The van der Waals surface area contributed by atoms with Gasteiger partial charge in [-0.1, -0.05) is 36.4 Å². The number of guanidine groups is 1. The molecule has 1 aliphatic rings. The van der Waals surface area contributed by atoms with Crippen molar-refractivity contribution in [3.8, 4) is 0 Å². The Labute approximate surface area is 199 Å². The zero-order chi connectivity index (χ0) is 23.6. The smallest absolute Gasteiger partial charge is 0.253 e. The maximum Gasteiger partial charge on any atom is 0.253 e. The lowest BCUT2D eigenvalue weighted by atomic mass is 10.0. The molecule has 0 radical (unpaired) electrons. The molecule has 1 saturated heterocycles. The summed E-state index contributed by atoms with van der Waals surface area (Å²) in [6.07, 6.45) is 3.04. The van der Waals surface area contributed by atoms with E-state index in [4.69, 9.17) is 4.99 Å². The number of aliphatic imine (C=N–C) groups is 1. The van der Waals surface area contributed by atoms with Gasteiger partial charge in [0.2, 0.25) is 0 Å². The van der Waals surface area contributed by atoms with Gasteiger partial charge in [0.1, 0.15) is 0 Å². The van der Waals surface area contributed by atoms with E-state index in [1.54, 1.807) is 19.0 Å². The van der Waals surface area contributed by atoms with Crippen molar-refractivity contribution in [2.45, 2.75) is 45.7 Å². The van der Waals surface area contributed by atoms with Gasteiger partial charge in [0.15, 0.2) is 5.96 Å². The molecule has 1 amide bonds. The minimum Gasteiger partial charge on any atom is -0.357 e. The Kier molecular flexibility index (Phi) is 9.31. The second kappa shape index (κ2) is 12.4. The van der Waals surface area contributed by atoms with Gasteiger partial charge in [0, 0.05) is 58.4 Å². The first kappa shape index (κ1) is 24.8. The maximum atomic E-state index is 12.2. The first-order valence-electron chi connectivity index (χ1n) is 12.1. The third-order valence-corrected chi connectivity index (χ3v) is 6.18. The van der Waals surface area contributed by atoms with Crippen LogP contribution in [0.15, 0.2) is 53.5 Å². The third kappa shape index (κ3) is 7.60. The molecule has 0 bridgehead atoms. The van der Waals surface area contributed by atoms with Crippen LogP contribution in [0, 0.1) is 6.92 Å². The summed E-state index contributed by atoms with van der Waals surface area (Å²) in [7, 11) is 3.56. The standard InChI is InChI=1S/C27H39N5O/c1-5-28-27(29-16-13-22-10-8-12-23(19-22)26(33)31(3)4)30-25-14-17-32(18-15-25)20-24-11-7-6-9-21(24)2/h6-12,19,25H,5,13-18,20H2,1-4H3,(H2,28,29,30). The highest BCUT2D eigenvalue weighted by atomic mass is 16.2. The fourth-order valence-corrected chi connectivity index (χ4v) is 4.19. The molecule has 1 aliphatic heterocycles. The molecular weight excluding hydrogens is 410 g/mol. The summed E-state index contributed by atoms with van der Waals surface area (Å²) in [6.45, 7) is 9.03. The van der Waals surface area contributed by atoms with Crippen molar-refractivity contribution in [2.75, 3.05) is 40.3 Å². The topological polar surface area (TPSA) is 60.0 Å². The minimum atomic E-state index is 0.0316. The average molecular weight is 450 g/mol. The first-order chi connectivity index (χ1) is 16.0. The van der Waals surface area contributed by atoms with Gasteiger partial charge in [-0.3, -0.25) is 14.7 Å². The molecule has 33 heavy (non-hydrogen) atoms. The predicted molar refractivity (Wildman–Crippen MR) is 137 cm³/mol. The summed E-state index contributed by atoms with van der Waals surface area (Å²) >= 11 is 0. The molecule has 6 heteroatoms. The molecular formula is C27H39N5O. The lowest BCUT2D eigenvalue weighted by Gasteiger charge is -2.33. The van der Waals surface area contributed by atoms with Crippen molar-refractivity contribution in [3.05, 3.63) is 70.8 Å². The highest BCUT2D eigenvalue weighted by Gasteiger charge is 2.20. The van der Waals surface area contributed by atoms with Crippen LogP contribution in [0.5, 0.6) is 0 Å². The van der Waals surface area contributed by atoms with E-state index in [2.05, 4.69) is 59.7 Å². The molecule has 0 saturated carbocycles. The number of carbonyl (C=O) groups is 1. The summed E-state index contributed by atoms with van der Waals surface area (Å²) in [4.78, 5) is 21.2. The van der Waals surface area contributed by atoms with E-state index in [1.165, 1.54) is 11.1 Å². The second-order valence-corrected chi connectivity index (χ2v) is 9.03. The minimum absolute atomic E-state index is 0.0316. The summed E-state index contributed by atoms with van der Waals surface area (Å²) in [5, 5.41) is 7.02. The van der Waals surface area contributed by atoms with Gasteiger partial charge in [-0.25, -0.2) is 0 Å². The quantitative estimate of drug-likeness (QED) is 0.479. The molecule has 1 heterocycles. The lowest BCUT2D eigenvalue weighted by Crippen LogP contribution is -2.48. The average Bonchev–Trinajstić information content (AvgIpc) is 2.81. The number of hydrogen-bond donors (Lipinski definition) is 2. The van der Waals surface area contributed by atoms with Crippen LogP contribution in [0.1, 0.15) is 46.8 Å². The Bertz CT molecular complexity index is 932. The van der Waals surface area contributed by atoms with Gasteiger partial charge in [0.05, 0.1) is 0 Å². The Balaban J connectivity index is 1.49. The van der Waals surface area contributed by atoms with Crippen LogP contribution in [-0.4, -0.2) is 68.0 Å². The highest BCUT2D eigenvalue weighted by Crippen LogP contribution is 2.16. The molecule has 2 N–H and O–H groups in total. The van der Waals surface area contributed by atoms with E-state index < -0.39 is 0 Å². The zero-order valence-electron chi connectivity index (χ0n) is 20.6. The molecule has 2 aromatic rings. The van der Waals surface area contributed by atoms with E-state index >= 15 is 0 Å². The summed E-state index contributed by atoms with van der Waals surface area (Å²) in [5.74, 6) is 0.916. The molecule has 0 spiro atoms. The third-order valence-electron chi connectivity index (χ3n) is 6.18. The Morgan fingerprint density at radius 3 is 2.58 bits per heavy atom. The number of likely N-dealkylation sites (tertiary alicyclic amines) is 1. The summed E-state index contributed by atoms with van der Waals surface area (Å²) < 4.78 is 0. The number of rotatable bonds is 8. The van der Waals surface area contributed by atoms with Crippen LogP contribution in [0.3, 0.4) is 0 Å². The zero-order valence-corrected chi connectivity index (χ0v) is 20.6. The Morgan fingerprint density at radius 2 is 1.88 bits per heavy atom.